The monoisotopic (exact) mass is 323 g/mol. The molecule has 0 aliphatic heterocycles. The summed E-state index contributed by atoms with van der Waals surface area (Å²) in [7, 11) is 0. The molecule has 1 fully saturated rings. The van der Waals surface area contributed by atoms with Crippen molar-refractivity contribution < 1.29 is 19.4 Å². The minimum absolute atomic E-state index is 0.0821. The van der Waals surface area contributed by atoms with Crippen molar-refractivity contribution >= 4 is 23.8 Å². The molecule has 0 aromatic heterocycles. The van der Waals surface area contributed by atoms with Crippen molar-refractivity contribution in [2.24, 2.45) is 0 Å². The molecule has 0 saturated heterocycles. The Kier molecular flexibility index (Phi) is 5.71. The van der Waals surface area contributed by atoms with Crippen LogP contribution in [0.15, 0.2) is 30.3 Å². The number of carbonyl (C=O) groups is 2. The fourth-order valence-electron chi connectivity index (χ4n) is 2.67. The molecule has 2 rings (SSSR count). The molecule has 22 heavy (non-hydrogen) atoms. The van der Waals surface area contributed by atoms with Crippen LogP contribution in [0, 0.1) is 0 Å². The third-order valence-electron chi connectivity index (χ3n) is 4.13. The molecule has 0 heterocycles. The van der Waals surface area contributed by atoms with Crippen LogP contribution in [0.1, 0.15) is 31.2 Å². The van der Waals surface area contributed by atoms with E-state index in [9.17, 15) is 9.59 Å². The highest BCUT2D eigenvalue weighted by Crippen LogP contribution is 2.46. The maximum Gasteiger partial charge on any atom is 0.407 e. The molecule has 0 bridgehead atoms. The molecular formula is C16H21NO4S. The van der Waals surface area contributed by atoms with Gasteiger partial charge in [0.05, 0.1) is 12.5 Å². The summed E-state index contributed by atoms with van der Waals surface area (Å²) in [6.45, 7) is 0.179. The number of hydrogen-bond donors (Lipinski definition) is 2. The zero-order chi connectivity index (χ0) is 16.0. The lowest BCUT2D eigenvalue weighted by molar-refractivity contribution is -0.137. The quantitative estimate of drug-likeness (QED) is 0.806. The Balaban J connectivity index is 1.92. The van der Waals surface area contributed by atoms with Crippen molar-refractivity contribution in [3.8, 4) is 0 Å². The summed E-state index contributed by atoms with van der Waals surface area (Å²) in [6.07, 6.45) is 4.23. The maximum atomic E-state index is 12.0. The van der Waals surface area contributed by atoms with Crippen molar-refractivity contribution in [3.05, 3.63) is 35.9 Å². The molecule has 0 radical (unpaired) electrons. The largest absolute Gasteiger partial charge is 0.481 e. The van der Waals surface area contributed by atoms with Gasteiger partial charge in [0, 0.05) is 4.75 Å². The maximum absolute atomic E-state index is 12.0. The Labute approximate surface area is 134 Å². The van der Waals surface area contributed by atoms with E-state index in [1.54, 1.807) is 11.8 Å². The normalized spacial score (nSPS) is 17.1. The van der Waals surface area contributed by atoms with E-state index < -0.39 is 18.1 Å². The summed E-state index contributed by atoms with van der Waals surface area (Å²) in [6, 6.07) is 8.99. The number of hydrogen-bond acceptors (Lipinski definition) is 4. The predicted octanol–water partition coefficient (Wildman–Crippen LogP) is 3.04. The second-order valence-electron chi connectivity index (χ2n) is 5.48. The van der Waals surface area contributed by atoms with E-state index in [0.717, 1.165) is 24.8 Å². The summed E-state index contributed by atoms with van der Waals surface area (Å²) < 4.78 is 5.02. The smallest absolute Gasteiger partial charge is 0.407 e. The predicted molar refractivity (Wildman–Crippen MR) is 85.9 cm³/mol. The number of carboxylic acid groups (broad SMARTS) is 1. The van der Waals surface area contributed by atoms with Gasteiger partial charge in [0.1, 0.15) is 6.61 Å². The van der Waals surface area contributed by atoms with Gasteiger partial charge >= 0.3 is 12.1 Å². The molecule has 0 spiro atoms. The zero-order valence-electron chi connectivity index (χ0n) is 12.6. The fraction of sp³-hybridized carbons (Fsp3) is 0.500. The van der Waals surface area contributed by atoms with E-state index >= 15 is 0 Å². The summed E-state index contributed by atoms with van der Waals surface area (Å²) >= 11 is 1.63. The van der Waals surface area contributed by atoms with Crippen molar-refractivity contribution in [3.63, 3.8) is 0 Å². The highest BCUT2D eigenvalue weighted by molar-refractivity contribution is 8.00. The molecule has 1 aliphatic carbocycles. The van der Waals surface area contributed by atoms with Crippen molar-refractivity contribution in [1.82, 2.24) is 5.32 Å². The lowest BCUT2D eigenvalue weighted by Gasteiger charge is -2.46. The van der Waals surface area contributed by atoms with E-state index in [2.05, 4.69) is 5.32 Å². The van der Waals surface area contributed by atoms with E-state index in [0.29, 0.717) is 0 Å². The molecule has 1 amide bonds. The van der Waals surface area contributed by atoms with Gasteiger partial charge in [0.15, 0.2) is 0 Å². The minimum Gasteiger partial charge on any atom is -0.481 e. The molecular weight excluding hydrogens is 302 g/mol. The van der Waals surface area contributed by atoms with Gasteiger partial charge < -0.3 is 15.2 Å². The molecule has 120 valence electrons. The topological polar surface area (TPSA) is 75.6 Å². The van der Waals surface area contributed by atoms with Crippen LogP contribution in [-0.4, -0.2) is 34.2 Å². The number of nitrogens with one attached hydrogen (secondary N) is 1. The first-order valence-electron chi connectivity index (χ1n) is 7.30. The number of benzene rings is 1. The highest BCUT2D eigenvalue weighted by Gasteiger charge is 2.45. The third kappa shape index (κ3) is 4.16. The van der Waals surface area contributed by atoms with Crippen LogP contribution in [0.25, 0.3) is 0 Å². The molecule has 1 saturated carbocycles. The van der Waals surface area contributed by atoms with E-state index in [1.165, 1.54) is 0 Å². The molecule has 1 unspecified atom stereocenters. The lowest BCUT2D eigenvalue weighted by Crippen LogP contribution is -2.55. The summed E-state index contributed by atoms with van der Waals surface area (Å²) in [4.78, 5) is 23.0. The average Bonchev–Trinajstić information content (AvgIpc) is 2.45. The summed E-state index contributed by atoms with van der Waals surface area (Å²) in [5.41, 5.74) is 0.899. The van der Waals surface area contributed by atoms with Crippen molar-refractivity contribution in [2.45, 2.75) is 43.1 Å². The van der Waals surface area contributed by atoms with Crippen molar-refractivity contribution in [1.29, 1.82) is 0 Å². The first-order valence-corrected chi connectivity index (χ1v) is 8.52. The standard InChI is InChI=1S/C16H21NO4S/c1-22-16(8-5-9-16)13(10-14(18)19)17-15(20)21-11-12-6-3-2-4-7-12/h2-4,6-7,13H,5,8-11H2,1H3,(H,17,20)(H,18,19). The van der Waals surface area contributed by atoms with Crippen LogP contribution in [0.2, 0.25) is 0 Å². The van der Waals surface area contributed by atoms with Crippen LogP contribution in [0.3, 0.4) is 0 Å². The van der Waals surface area contributed by atoms with Gasteiger partial charge in [-0.1, -0.05) is 36.8 Å². The third-order valence-corrected chi connectivity index (χ3v) is 5.63. The highest BCUT2D eigenvalue weighted by atomic mass is 32.2. The molecule has 1 atom stereocenters. The zero-order valence-corrected chi connectivity index (χ0v) is 13.4. The van der Waals surface area contributed by atoms with E-state index in [1.807, 2.05) is 36.6 Å². The van der Waals surface area contributed by atoms with Gasteiger partial charge in [-0.2, -0.15) is 11.8 Å². The number of rotatable bonds is 7. The number of alkyl carbamates (subject to hydrolysis) is 1. The number of carboxylic acids is 1. The Hall–Kier alpha value is -1.69. The van der Waals surface area contributed by atoms with Crippen LogP contribution < -0.4 is 5.32 Å². The van der Waals surface area contributed by atoms with Crippen LogP contribution in [-0.2, 0) is 16.1 Å². The van der Waals surface area contributed by atoms with Gasteiger partial charge in [-0.05, 0) is 24.7 Å². The van der Waals surface area contributed by atoms with E-state index in [4.69, 9.17) is 9.84 Å². The van der Waals surface area contributed by atoms with Gasteiger partial charge in [0.2, 0.25) is 0 Å². The molecule has 2 N–H and O–H groups in total. The summed E-state index contributed by atoms with van der Waals surface area (Å²) in [5.74, 6) is -0.909. The Morgan fingerprint density at radius 3 is 2.55 bits per heavy atom. The second-order valence-corrected chi connectivity index (χ2v) is 6.70. The number of ether oxygens (including phenoxy) is 1. The van der Waals surface area contributed by atoms with Gasteiger partial charge in [0.25, 0.3) is 0 Å². The summed E-state index contributed by atoms with van der Waals surface area (Å²) in [5, 5.41) is 11.8. The Morgan fingerprint density at radius 1 is 1.36 bits per heavy atom. The van der Waals surface area contributed by atoms with Crippen LogP contribution >= 0.6 is 11.8 Å². The van der Waals surface area contributed by atoms with Gasteiger partial charge in [-0.15, -0.1) is 0 Å². The first kappa shape index (κ1) is 16.7. The number of aliphatic carboxylic acids is 1. The first-order chi connectivity index (χ1) is 10.6. The minimum atomic E-state index is -0.909. The molecule has 1 aromatic carbocycles. The second kappa shape index (κ2) is 7.54. The van der Waals surface area contributed by atoms with Gasteiger partial charge in [-0.25, -0.2) is 4.79 Å². The van der Waals surface area contributed by atoms with Gasteiger partial charge in [-0.3, -0.25) is 4.79 Å². The van der Waals surface area contributed by atoms with Crippen LogP contribution in [0.4, 0.5) is 4.79 Å². The number of thioether (sulfide) groups is 1. The lowest BCUT2D eigenvalue weighted by atomic mass is 9.77. The number of carbonyl (C=O) groups excluding carboxylic acids is 1. The average molecular weight is 323 g/mol. The molecule has 1 aliphatic rings. The molecule has 1 aromatic rings. The molecule has 5 nitrogen and oxygen atoms in total. The Morgan fingerprint density at radius 2 is 2.05 bits per heavy atom. The van der Waals surface area contributed by atoms with Crippen LogP contribution in [0.5, 0.6) is 0 Å². The Bertz CT molecular complexity index is 511. The SMILES string of the molecule is CSC1(C(CC(=O)O)NC(=O)OCc2ccccc2)CCC1. The molecule has 6 heteroatoms. The number of amides is 1. The van der Waals surface area contributed by atoms with E-state index in [-0.39, 0.29) is 17.8 Å². The fourth-order valence-corrected chi connectivity index (χ4v) is 3.79. The van der Waals surface area contributed by atoms with Crippen molar-refractivity contribution in [2.75, 3.05) is 6.26 Å².